The Morgan fingerprint density at radius 3 is 2.22 bits per heavy atom. The van der Waals surface area contributed by atoms with Crippen molar-refractivity contribution in [1.29, 1.82) is 0 Å². The molecule has 0 aliphatic carbocycles. The van der Waals surface area contributed by atoms with Crippen LogP contribution in [0.5, 0.6) is 0 Å². The number of aromatic nitrogens is 2. The van der Waals surface area contributed by atoms with Gasteiger partial charge in [-0.25, -0.2) is 9.78 Å². The zero-order valence-electron chi connectivity index (χ0n) is 17.6. The summed E-state index contributed by atoms with van der Waals surface area (Å²) in [6, 6.07) is 4.87. The number of rotatable bonds is 4. The third-order valence-electron chi connectivity index (χ3n) is 4.51. The van der Waals surface area contributed by atoms with Crippen LogP contribution in [-0.2, 0) is 15.8 Å². The molecule has 1 aromatic carbocycles. The van der Waals surface area contributed by atoms with Gasteiger partial charge in [-0.2, -0.15) is 0 Å². The molecule has 0 fully saturated rings. The Balaban J connectivity index is 0.000000527. The quantitative estimate of drug-likeness (QED) is 0.563. The van der Waals surface area contributed by atoms with E-state index < -0.39 is 14.3 Å². The van der Waals surface area contributed by atoms with E-state index in [0.29, 0.717) is 6.61 Å². The first-order valence-electron chi connectivity index (χ1n) is 8.98. The van der Waals surface area contributed by atoms with Gasteiger partial charge in [0, 0.05) is 5.41 Å². The van der Waals surface area contributed by atoms with Crippen molar-refractivity contribution in [2.75, 3.05) is 0 Å². The normalized spacial score (nSPS) is 12.4. The molecule has 150 valence electrons. The maximum absolute atomic E-state index is 11.0. The Morgan fingerprint density at radius 2 is 1.78 bits per heavy atom. The Hall–Kier alpha value is -1.99. The number of H-pyrrole nitrogens is 1. The van der Waals surface area contributed by atoms with Crippen molar-refractivity contribution >= 4 is 31.6 Å². The predicted molar refractivity (Wildman–Crippen MR) is 111 cm³/mol. The summed E-state index contributed by atoms with van der Waals surface area (Å²) in [5.41, 5.74) is 1.60. The number of carboxylic acid groups (broad SMARTS) is 1. The minimum Gasteiger partial charge on any atom is -0.478 e. The molecule has 1 aromatic heterocycles. The zero-order chi connectivity index (χ0) is 21.0. The molecule has 0 spiro atoms. The van der Waals surface area contributed by atoms with Crippen molar-refractivity contribution in [3.05, 3.63) is 29.6 Å². The molecule has 0 saturated carbocycles. The molecule has 0 saturated heterocycles. The number of benzene rings is 1. The van der Waals surface area contributed by atoms with E-state index in [0.717, 1.165) is 23.1 Å². The van der Waals surface area contributed by atoms with E-state index in [-0.39, 0.29) is 16.0 Å². The first kappa shape index (κ1) is 23.0. The lowest BCUT2D eigenvalue weighted by Gasteiger charge is -2.35. The average Bonchev–Trinajstić information content (AvgIpc) is 2.93. The van der Waals surface area contributed by atoms with Gasteiger partial charge in [-0.15, -0.1) is 0 Å². The predicted octanol–water partition coefficient (Wildman–Crippen LogP) is 5.01. The number of aromatic carboxylic acids is 1. The van der Waals surface area contributed by atoms with Gasteiger partial charge in [0.1, 0.15) is 12.1 Å². The molecule has 6 nitrogen and oxygen atoms in total. The number of nitrogens with zero attached hydrogens (tertiary/aromatic N) is 1. The maximum atomic E-state index is 11.0. The van der Waals surface area contributed by atoms with E-state index in [1.807, 2.05) is 20.8 Å². The molecule has 7 heteroatoms. The number of nitrogens with one attached hydrogen (secondary N) is 1. The third kappa shape index (κ3) is 6.91. The summed E-state index contributed by atoms with van der Waals surface area (Å²) in [5.74, 6) is -0.206. The molecular weight excluding hydrogens is 360 g/mol. The molecule has 0 atom stereocenters. The molecule has 2 N–H and O–H groups in total. The molecular formula is C20H32N2O4Si. The van der Waals surface area contributed by atoms with Crippen molar-refractivity contribution in [2.45, 2.75) is 66.3 Å². The van der Waals surface area contributed by atoms with Crippen LogP contribution in [-0.4, -0.2) is 35.6 Å². The summed E-state index contributed by atoms with van der Waals surface area (Å²) in [6.45, 7) is 17.0. The van der Waals surface area contributed by atoms with Crippen LogP contribution < -0.4 is 0 Å². The first-order chi connectivity index (χ1) is 12.2. The number of hydrogen-bond acceptors (Lipinski definition) is 4. The van der Waals surface area contributed by atoms with Gasteiger partial charge in [-0.1, -0.05) is 41.5 Å². The Kier molecular flexibility index (Phi) is 7.13. The fourth-order valence-electron chi connectivity index (χ4n) is 1.73. The van der Waals surface area contributed by atoms with Crippen molar-refractivity contribution in [3.63, 3.8) is 0 Å². The van der Waals surface area contributed by atoms with E-state index >= 15 is 0 Å². The first-order valence-corrected chi connectivity index (χ1v) is 11.9. The summed E-state index contributed by atoms with van der Waals surface area (Å²) in [7, 11) is -1.82. The van der Waals surface area contributed by atoms with E-state index in [2.05, 4.69) is 43.8 Å². The summed E-state index contributed by atoms with van der Waals surface area (Å²) >= 11 is 0. The van der Waals surface area contributed by atoms with Crippen molar-refractivity contribution in [1.82, 2.24) is 9.97 Å². The van der Waals surface area contributed by atoms with Gasteiger partial charge in [-0.3, -0.25) is 0 Å². The van der Waals surface area contributed by atoms with Crippen LogP contribution in [0.1, 0.15) is 57.7 Å². The lowest BCUT2D eigenvalue weighted by Crippen LogP contribution is -2.40. The van der Waals surface area contributed by atoms with Crippen LogP contribution in [0.4, 0.5) is 0 Å². The van der Waals surface area contributed by atoms with Gasteiger partial charge in [0.15, 0.2) is 8.32 Å². The number of carbonyl (C=O) groups is 2. The van der Waals surface area contributed by atoms with Gasteiger partial charge >= 0.3 is 5.97 Å². The van der Waals surface area contributed by atoms with Gasteiger partial charge < -0.3 is 19.3 Å². The largest absolute Gasteiger partial charge is 0.478 e. The number of aldehydes is 1. The topological polar surface area (TPSA) is 92.3 Å². The minimum absolute atomic E-state index is 0.139. The fourth-order valence-corrected chi connectivity index (χ4v) is 2.66. The summed E-state index contributed by atoms with van der Waals surface area (Å²) < 4.78 is 6.12. The van der Waals surface area contributed by atoms with Gasteiger partial charge in [0.05, 0.1) is 23.2 Å². The van der Waals surface area contributed by atoms with E-state index in [1.54, 1.807) is 18.2 Å². The molecule has 0 unspecified atom stereocenters. The van der Waals surface area contributed by atoms with E-state index in [9.17, 15) is 9.59 Å². The van der Waals surface area contributed by atoms with Crippen LogP contribution in [0, 0.1) is 5.41 Å². The Morgan fingerprint density at radius 1 is 1.22 bits per heavy atom. The molecule has 0 aliphatic heterocycles. The third-order valence-corrected chi connectivity index (χ3v) is 8.99. The van der Waals surface area contributed by atoms with Crippen molar-refractivity contribution in [3.8, 4) is 0 Å². The van der Waals surface area contributed by atoms with Gasteiger partial charge in [-0.05, 0) is 36.3 Å². The van der Waals surface area contributed by atoms with Crippen molar-refractivity contribution in [2.24, 2.45) is 5.41 Å². The molecule has 0 aliphatic rings. The molecule has 2 aromatic rings. The van der Waals surface area contributed by atoms with Crippen LogP contribution >= 0.6 is 0 Å². The van der Waals surface area contributed by atoms with E-state index in [1.165, 1.54) is 0 Å². The molecule has 0 amide bonds. The number of carboxylic acids is 1. The monoisotopic (exact) mass is 392 g/mol. The Labute approximate surface area is 162 Å². The van der Waals surface area contributed by atoms with Crippen LogP contribution in [0.3, 0.4) is 0 Å². The number of hydrogen-bond donors (Lipinski definition) is 2. The van der Waals surface area contributed by atoms with Crippen molar-refractivity contribution < 1.29 is 19.1 Å². The zero-order valence-corrected chi connectivity index (χ0v) is 18.6. The fraction of sp³-hybridized carbons (Fsp3) is 0.550. The maximum Gasteiger partial charge on any atom is 0.335 e. The molecule has 0 bridgehead atoms. The standard InChI is InChI=1S/C15H22N2O3Si.C5H10O/c1-15(2,3)21(4,5)20-9-13-16-11-7-6-10(14(18)19)8-12(11)17-13;1-5(2,3)4-6/h6-8H,9H2,1-5H3,(H,16,17)(H,18,19);4H,1-3H3. The second kappa shape index (κ2) is 8.35. The Bertz CT molecular complexity index is 798. The molecule has 2 rings (SSSR count). The highest BCUT2D eigenvalue weighted by Crippen LogP contribution is 2.37. The second-order valence-corrected chi connectivity index (χ2v) is 14.1. The number of aromatic amines is 1. The summed E-state index contributed by atoms with van der Waals surface area (Å²) in [5, 5.41) is 9.15. The molecule has 27 heavy (non-hydrogen) atoms. The number of fused-ring (bicyclic) bond motifs is 1. The number of imidazole rings is 1. The van der Waals surface area contributed by atoms with Gasteiger partial charge in [0.2, 0.25) is 0 Å². The molecule has 1 heterocycles. The highest BCUT2D eigenvalue weighted by Gasteiger charge is 2.37. The highest BCUT2D eigenvalue weighted by atomic mass is 28.4. The lowest BCUT2D eigenvalue weighted by molar-refractivity contribution is -0.113. The van der Waals surface area contributed by atoms with Gasteiger partial charge in [0.25, 0.3) is 0 Å². The van der Waals surface area contributed by atoms with Crippen LogP contribution in [0.2, 0.25) is 18.1 Å². The highest BCUT2D eigenvalue weighted by molar-refractivity contribution is 6.74. The minimum atomic E-state index is -1.82. The average molecular weight is 393 g/mol. The lowest BCUT2D eigenvalue weighted by atomic mass is 10.0. The smallest absolute Gasteiger partial charge is 0.335 e. The van der Waals surface area contributed by atoms with Crippen LogP contribution in [0.25, 0.3) is 11.0 Å². The number of carbonyl (C=O) groups excluding carboxylic acids is 1. The van der Waals surface area contributed by atoms with E-state index in [4.69, 9.17) is 9.53 Å². The van der Waals surface area contributed by atoms with Crippen LogP contribution in [0.15, 0.2) is 18.2 Å². The second-order valence-electron chi connectivity index (χ2n) is 9.25. The SMILES string of the molecule is CC(C)(C)C=O.CC(C)(C)[Si](C)(C)OCc1nc2ccc(C(=O)O)cc2[nH]1. The summed E-state index contributed by atoms with van der Waals surface area (Å²) in [4.78, 5) is 28.4. The summed E-state index contributed by atoms with van der Waals surface area (Å²) in [6.07, 6.45) is 0.938. The molecule has 0 radical (unpaired) electrons.